The molecule has 16 heavy (non-hydrogen) atoms. The summed E-state index contributed by atoms with van der Waals surface area (Å²) in [4.78, 5) is 24.3. The number of ether oxygens (including phenoxy) is 1. The second-order valence-electron chi connectivity index (χ2n) is 3.39. The van der Waals surface area contributed by atoms with Crippen LogP contribution >= 0.6 is 11.3 Å². The van der Waals surface area contributed by atoms with Crippen LogP contribution in [0.4, 0.5) is 5.69 Å². The van der Waals surface area contributed by atoms with E-state index in [-0.39, 0.29) is 5.91 Å². The van der Waals surface area contributed by atoms with Crippen molar-refractivity contribution in [2.75, 3.05) is 12.4 Å². The van der Waals surface area contributed by atoms with Gasteiger partial charge in [0, 0.05) is 11.3 Å². The molecule has 0 atom stereocenters. The predicted octanol–water partition coefficient (Wildman–Crippen LogP) is 2.58. The zero-order chi connectivity index (χ0) is 12.1. The molecule has 5 heteroatoms. The molecule has 0 aliphatic rings. The molecule has 1 rings (SSSR count). The fraction of sp³-hybridized carbons (Fsp3) is 0.455. The molecule has 0 unspecified atom stereocenters. The maximum Gasteiger partial charge on any atom is 0.350 e. The number of nitrogens with one attached hydrogen (secondary N) is 1. The van der Waals surface area contributed by atoms with Gasteiger partial charge in [-0.25, -0.2) is 4.79 Å². The highest BCUT2D eigenvalue weighted by molar-refractivity contribution is 7.14. The third kappa shape index (κ3) is 3.06. The Labute approximate surface area is 98.6 Å². The molecule has 0 aromatic carbocycles. The van der Waals surface area contributed by atoms with Gasteiger partial charge in [0.1, 0.15) is 4.88 Å². The van der Waals surface area contributed by atoms with E-state index in [9.17, 15) is 9.59 Å². The number of anilines is 1. The molecule has 0 saturated heterocycles. The number of rotatable bonds is 4. The maximum atomic E-state index is 11.4. The van der Waals surface area contributed by atoms with Crippen LogP contribution in [-0.2, 0) is 9.53 Å². The average molecular weight is 241 g/mol. The lowest BCUT2D eigenvalue weighted by molar-refractivity contribution is -0.116. The molecule has 1 heterocycles. The summed E-state index contributed by atoms with van der Waals surface area (Å²) in [7, 11) is 1.33. The lowest BCUT2D eigenvalue weighted by atomic mass is 10.3. The van der Waals surface area contributed by atoms with Crippen molar-refractivity contribution in [2.45, 2.75) is 26.7 Å². The molecule has 4 nitrogen and oxygen atoms in total. The summed E-state index contributed by atoms with van der Waals surface area (Å²) in [5, 5.41) is 2.72. The van der Waals surface area contributed by atoms with E-state index >= 15 is 0 Å². The van der Waals surface area contributed by atoms with Crippen molar-refractivity contribution in [3.8, 4) is 0 Å². The zero-order valence-electron chi connectivity index (χ0n) is 9.62. The van der Waals surface area contributed by atoms with Crippen LogP contribution in [-0.4, -0.2) is 19.0 Å². The zero-order valence-corrected chi connectivity index (χ0v) is 10.4. The first kappa shape index (κ1) is 12.7. The smallest absolute Gasteiger partial charge is 0.350 e. The topological polar surface area (TPSA) is 55.4 Å². The number of carbonyl (C=O) groups is 2. The minimum Gasteiger partial charge on any atom is -0.465 e. The molecule has 88 valence electrons. The summed E-state index contributed by atoms with van der Waals surface area (Å²) < 4.78 is 4.65. The van der Waals surface area contributed by atoms with E-state index in [2.05, 4.69) is 10.1 Å². The number of thiophene rings is 1. The highest BCUT2D eigenvalue weighted by Gasteiger charge is 2.16. The Morgan fingerprint density at radius 3 is 2.75 bits per heavy atom. The van der Waals surface area contributed by atoms with Gasteiger partial charge in [0.15, 0.2) is 0 Å². The fourth-order valence-corrected chi connectivity index (χ4v) is 2.18. The van der Waals surface area contributed by atoms with Crippen molar-refractivity contribution in [2.24, 2.45) is 0 Å². The molecule has 1 aromatic heterocycles. The summed E-state index contributed by atoms with van der Waals surface area (Å²) in [5.41, 5.74) is 0.549. The molecule has 0 bridgehead atoms. The molecule has 1 amide bonds. The Balaban J connectivity index is 2.86. The molecule has 1 aromatic rings. The number of amides is 1. The molecule has 0 saturated carbocycles. The van der Waals surface area contributed by atoms with E-state index in [0.29, 0.717) is 17.0 Å². The standard InChI is InChI=1S/C11H15NO3S/c1-4-5-9(13)12-8-6-7(2)16-10(8)11(14)15-3/h6H,4-5H2,1-3H3,(H,12,13). The van der Waals surface area contributed by atoms with Gasteiger partial charge >= 0.3 is 5.97 Å². The monoisotopic (exact) mass is 241 g/mol. The molecule has 0 aliphatic carbocycles. The number of hydrogen-bond donors (Lipinski definition) is 1. The summed E-state index contributed by atoms with van der Waals surface area (Å²) in [5.74, 6) is -0.490. The number of carbonyl (C=O) groups excluding carboxylic acids is 2. The van der Waals surface area contributed by atoms with Crippen LogP contribution in [0.3, 0.4) is 0 Å². The quantitative estimate of drug-likeness (QED) is 0.824. The first-order chi connectivity index (χ1) is 7.58. The lowest BCUT2D eigenvalue weighted by Crippen LogP contribution is -2.12. The number of hydrogen-bond acceptors (Lipinski definition) is 4. The van der Waals surface area contributed by atoms with Gasteiger partial charge in [-0.05, 0) is 19.4 Å². The Kier molecular flexibility index (Phi) is 4.49. The first-order valence-corrected chi connectivity index (χ1v) is 5.88. The molecule has 0 aliphatic heterocycles. The van der Waals surface area contributed by atoms with Gasteiger partial charge in [-0.1, -0.05) is 6.92 Å². The van der Waals surface area contributed by atoms with Crippen LogP contribution < -0.4 is 5.32 Å². The van der Waals surface area contributed by atoms with E-state index < -0.39 is 5.97 Å². The summed E-state index contributed by atoms with van der Waals surface area (Å²) in [6, 6.07) is 1.78. The summed E-state index contributed by atoms with van der Waals surface area (Å²) in [6.07, 6.45) is 1.23. The van der Waals surface area contributed by atoms with Gasteiger partial charge < -0.3 is 10.1 Å². The number of esters is 1. The van der Waals surface area contributed by atoms with Crippen LogP contribution in [0.1, 0.15) is 34.3 Å². The molecular formula is C11H15NO3S. The maximum absolute atomic E-state index is 11.4. The van der Waals surface area contributed by atoms with Gasteiger partial charge in [0.25, 0.3) is 0 Å². The second kappa shape index (κ2) is 5.65. The van der Waals surface area contributed by atoms with E-state index in [1.165, 1.54) is 18.4 Å². The predicted molar refractivity (Wildman–Crippen MR) is 63.9 cm³/mol. The van der Waals surface area contributed by atoms with Crippen molar-refractivity contribution in [3.05, 3.63) is 15.8 Å². The first-order valence-electron chi connectivity index (χ1n) is 5.07. The van der Waals surface area contributed by atoms with Gasteiger partial charge in [-0.15, -0.1) is 11.3 Å². The van der Waals surface area contributed by atoms with Crippen LogP contribution in [0.2, 0.25) is 0 Å². The molecule has 0 radical (unpaired) electrons. The Bertz CT molecular complexity index is 398. The molecular weight excluding hydrogens is 226 g/mol. The van der Waals surface area contributed by atoms with E-state index in [1.807, 2.05) is 13.8 Å². The Morgan fingerprint density at radius 1 is 1.50 bits per heavy atom. The van der Waals surface area contributed by atoms with Gasteiger partial charge in [0.2, 0.25) is 5.91 Å². The van der Waals surface area contributed by atoms with E-state index in [1.54, 1.807) is 6.07 Å². The van der Waals surface area contributed by atoms with Crippen molar-refractivity contribution in [1.29, 1.82) is 0 Å². The van der Waals surface area contributed by atoms with Crippen LogP contribution in [0.5, 0.6) is 0 Å². The molecule has 1 N–H and O–H groups in total. The minimum atomic E-state index is -0.412. The normalized spacial score (nSPS) is 9.94. The third-order valence-corrected chi connectivity index (χ3v) is 3.01. The van der Waals surface area contributed by atoms with E-state index in [4.69, 9.17) is 0 Å². The SMILES string of the molecule is CCCC(=O)Nc1cc(C)sc1C(=O)OC. The number of aryl methyl sites for hydroxylation is 1. The fourth-order valence-electron chi connectivity index (χ4n) is 1.29. The third-order valence-electron chi connectivity index (χ3n) is 1.98. The highest BCUT2D eigenvalue weighted by atomic mass is 32.1. The second-order valence-corrected chi connectivity index (χ2v) is 4.65. The Hall–Kier alpha value is -1.36. The van der Waals surface area contributed by atoms with Gasteiger partial charge in [0.05, 0.1) is 12.8 Å². The lowest BCUT2D eigenvalue weighted by Gasteiger charge is -2.03. The van der Waals surface area contributed by atoms with E-state index in [0.717, 1.165) is 11.3 Å². The van der Waals surface area contributed by atoms with Crippen molar-refractivity contribution in [3.63, 3.8) is 0 Å². The van der Waals surface area contributed by atoms with Gasteiger partial charge in [-0.3, -0.25) is 4.79 Å². The Morgan fingerprint density at radius 2 is 2.19 bits per heavy atom. The largest absolute Gasteiger partial charge is 0.465 e. The summed E-state index contributed by atoms with van der Waals surface area (Å²) in [6.45, 7) is 3.81. The highest BCUT2D eigenvalue weighted by Crippen LogP contribution is 2.27. The van der Waals surface area contributed by atoms with Crippen LogP contribution in [0, 0.1) is 6.92 Å². The number of methoxy groups -OCH3 is 1. The van der Waals surface area contributed by atoms with Crippen molar-refractivity contribution >= 4 is 28.9 Å². The summed E-state index contributed by atoms with van der Waals surface area (Å²) >= 11 is 1.32. The van der Waals surface area contributed by atoms with Crippen molar-refractivity contribution in [1.82, 2.24) is 0 Å². The molecule has 0 fully saturated rings. The average Bonchev–Trinajstić information content (AvgIpc) is 2.58. The molecule has 0 spiro atoms. The van der Waals surface area contributed by atoms with Crippen LogP contribution in [0.15, 0.2) is 6.07 Å². The minimum absolute atomic E-state index is 0.0783. The van der Waals surface area contributed by atoms with Crippen molar-refractivity contribution < 1.29 is 14.3 Å². The van der Waals surface area contributed by atoms with Gasteiger partial charge in [-0.2, -0.15) is 0 Å². The van der Waals surface area contributed by atoms with Crippen LogP contribution in [0.25, 0.3) is 0 Å².